The third-order valence-electron chi connectivity index (χ3n) is 2.67. The summed E-state index contributed by atoms with van der Waals surface area (Å²) in [6.45, 7) is 0.432. The zero-order valence-electron chi connectivity index (χ0n) is 11.4. The van der Waals surface area contributed by atoms with Crippen LogP contribution in [0.15, 0.2) is 33.5 Å². The van der Waals surface area contributed by atoms with Gasteiger partial charge in [-0.3, -0.25) is 4.79 Å². The second kappa shape index (κ2) is 7.22. The Bertz CT molecular complexity index is 706. The number of hydrogen-bond donors (Lipinski definition) is 2. The highest BCUT2D eigenvalue weighted by atomic mass is 79.9. The van der Waals surface area contributed by atoms with Gasteiger partial charge in [0, 0.05) is 19.3 Å². The minimum Gasteiger partial charge on any atom is -0.444 e. The molecule has 0 bridgehead atoms. The molecule has 10 heteroatoms. The van der Waals surface area contributed by atoms with Gasteiger partial charge in [-0.05, 0) is 34.1 Å². The zero-order chi connectivity index (χ0) is 17.0. The van der Waals surface area contributed by atoms with Crippen LogP contribution < -0.4 is 10.6 Å². The molecule has 0 aromatic carbocycles. The summed E-state index contributed by atoms with van der Waals surface area (Å²) in [6, 6.07) is 3.87. The van der Waals surface area contributed by atoms with Gasteiger partial charge in [0.15, 0.2) is 10.4 Å². The van der Waals surface area contributed by atoms with Crippen molar-refractivity contribution in [3.05, 3.63) is 45.4 Å². The first kappa shape index (κ1) is 17.6. The first-order chi connectivity index (χ1) is 10.8. The van der Waals surface area contributed by atoms with E-state index >= 15 is 0 Å². The SMILES string of the molecule is O=C(NCCNc1ncc(C(F)(F)F)cc1Cl)c1ccc(Br)o1. The molecule has 5 nitrogen and oxygen atoms in total. The summed E-state index contributed by atoms with van der Waals surface area (Å²) in [4.78, 5) is 15.3. The van der Waals surface area contributed by atoms with Gasteiger partial charge in [0.25, 0.3) is 5.91 Å². The van der Waals surface area contributed by atoms with E-state index in [-0.39, 0.29) is 29.7 Å². The second-order valence-electron chi connectivity index (χ2n) is 4.34. The first-order valence-corrected chi connectivity index (χ1v) is 7.44. The van der Waals surface area contributed by atoms with E-state index in [9.17, 15) is 18.0 Å². The molecule has 23 heavy (non-hydrogen) atoms. The van der Waals surface area contributed by atoms with Crippen molar-refractivity contribution in [2.24, 2.45) is 0 Å². The quantitative estimate of drug-likeness (QED) is 0.730. The van der Waals surface area contributed by atoms with E-state index in [0.29, 0.717) is 10.9 Å². The van der Waals surface area contributed by atoms with Crippen molar-refractivity contribution in [2.75, 3.05) is 18.4 Å². The molecular weight excluding hydrogens is 403 g/mol. The standard InChI is InChI=1S/C13H10BrClF3N3O2/c14-10-2-1-9(23-10)12(22)20-4-3-19-11-8(15)5-7(6-21-11)13(16,17)18/h1-2,5-6H,3-4H2,(H,19,21)(H,20,22). The number of carbonyl (C=O) groups excluding carboxylic acids is 1. The number of aromatic nitrogens is 1. The van der Waals surface area contributed by atoms with Crippen molar-refractivity contribution >= 4 is 39.3 Å². The molecule has 0 saturated heterocycles. The van der Waals surface area contributed by atoms with Crippen molar-refractivity contribution < 1.29 is 22.4 Å². The summed E-state index contributed by atoms with van der Waals surface area (Å²) in [5.41, 5.74) is -0.926. The number of rotatable bonds is 5. The smallest absolute Gasteiger partial charge is 0.417 e. The molecule has 0 unspecified atom stereocenters. The minimum absolute atomic E-state index is 0.106. The summed E-state index contributed by atoms with van der Waals surface area (Å²) in [6.07, 6.45) is -3.81. The van der Waals surface area contributed by atoms with Crippen LogP contribution in [-0.4, -0.2) is 24.0 Å². The van der Waals surface area contributed by atoms with Gasteiger partial charge in [-0.2, -0.15) is 13.2 Å². The van der Waals surface area contributed by atoms with Crippen LogP contribution in [0.5, 0.6) is 0 Å². The van der Waals surface area contributed by atoms with E-state index in [2.05, 4.69) is 31.5 Å². The molecule has 0 aliphatic carbocycles. The number of furan rings is 1. The van der Waals surface area contributed by atoms with Gasteiger partial charge in [0.1, 0.15) is 5.82 Å². The Morgan fingerprint density at radius 1 is 1.35 bits per heavy atom. The van der Waals surface area contributed by atoms with Crippen LogP contribution in [0.4, 0.5) is 19.0 Å². The van der Waals surface area contributed by atoms with E-state index in [0.717, 1.165) is 6.07 Å². The molecule has 0 saturated carbocycles. The Hall–Kier alpha value is -1.74. The normalized spacial score (nSPS) is 11.3. The summed E-state index contributed by atoms with van der Waals surface area (Å²) in [5, 5.41) is 5.16. The molecule has 0 aliphatic rings. The Kier molecular flexibility index (Phi) is 5.53. The monoisotopic (exact) mass is 411 g/mol. The van der Waals surface area contributed by atoms with E-state index in [4.69, 9.17) is 16.0 Å². The van der Waals surface area contributed by atoms with E-state index in [1.54, 1.807) is 6.07 Å². The number of halogens is 5. The number of pyridine rings is 1. The molecule has 2 rings (SSSR count). The molecule has 0 radical (unpaired) electrons. The average Bonchev–Trinajstić information content (AvgIpc) is 2.90. The lowest BCUT2D eigenvalue weighted by Gasteiger charge is -2.11. The van der Waals surface area contributed by atoms with E-state index in [1.807, 2.05) is 0 Å². The van der Waals surface area contributed by atoms with Crippen molar-refractivity contribution in [3.8, 4) is 0 Å². The third-order valence-corrected chi connectivity index (χ3v) is 3.38. The topological polar surface area (TPSA) is 67.2 Å². The fourth-order valence-corrected chi connectivity index (χ4v) is 2.14. The van der Waals surface area contributed by atoms with Crippen LogP contribution in [0.25, 0.3) is 0 Å². The Balaban J connectivity index is 1.83. The molecule has 0 atom stereocenters. The fraction of sp³-hybridized carbons (Fsp3) is 0.231. The largest absolute Gasteiger partial charge is 0.444 e. The number of nitrogens with one attached hydrogen (secondary N) is 2. The Morgan fingerprint density at radius 3 is 2.65 bits per heavy atom. The average molecular weight is 413 g/mol. The predicted octanol–water partition coefficient (Wildman–Crippen LogP) is 3.95. The maximum atomic E-state index is 12.5. The highest BCUT2D eigenvalue weighted by Gasteiger charge is 2.31. The van der Waals surface area contributed by atoms with Crippen LogP contribution in [-0.2, 0) is 6.18 Å². The maximum absolute atomic E-state index is 12.5. The van der Waals surface area contributed by atoms with Gasteiger partial charge in [0.05, 0.1) is 10.6 Å². The first-order valence-electron chi connectivity index (χ1n) is 6.27. The van der Waals surface area contributed by atoms with Gasteiger partial charge in [-0.1, -0.05) is 11.6 Å². The van der Waals surface area contributed by atoms with Crippen LogP contribution in [0.1, 0.15) is 16.1 Å². The number of anilines is 1. The van der Waals surface area contributed by atoms with Gasteiger partial charge in [-0.25, -0.2) is 4.98 Å². The van der Waals surface area contributed by atoms with Gasteiger partial charge in [0.2, 0.25) is 0 Å². The van der Waals surface area contributed by atoms with Crippen molar-refractivity contribution in [2.45, 2.75) is 6.18 Å². The third kappa shape index (κ3) is 4.87. The van der Waals surface area contributed by atoms with Crippen LogP contribution in [0, 0.1) is 0 Å². The lowest BCUT2D eigenvalue weighted by Crippen LogP contribution is -2.28. The number of amides is 1. The van der Waals surface area contributed by atoms with Gasteiger partial charge >= 0.3 is 6.18 Å². The number of hydrogen-bond acceptors (Lipinski definition) is 4. The van der Waals surface area contributed by atoms with Crippen LogP contribution in [0.2, 0.25) is 5.02 Å². The number of nitrogens with zero attached hydrogens (tertiary/aromatic N) is 1. The highest BCUT2D eigenvalue weighted by molar-refractivity contribution is 9.10. The zero-order valence-corrected chi connectivity index (χ0v) is 13.7. The van der Waals surface area contributed by atoms with E-state index in [1.165, 1.54) is 6.07 Å². The molecular formula is C13H10BrClF3N3O2. The van der Waals surface area contributed by atoms with Crippen molar-refractivity contribution in [1.82, 2.24) is 10.3 Å². The molecule has 124 valence electrons. The predicted molar refractivity (Wildman–Crippen MR) is 81.5 cm³/mol. The lowest BCUT2D eigenvalue weighted by atomic mass is 10.3. The second-order valence-corrected chi connectivity index (χ2v) is 5.53. The van der Waals surface area contributed by atoms with Crippen molar-refractivity contribution in [1.29, 1.82) is 0 Å². The number of alkyl halides is 3. The number of carbonyl (C=O) groups is 1. The molecule has 2 N–H and O–H groups in total. The van der Waals surface area contributed by atoms with Crippen LogP contribution >= 0.6 is 27.5 Å². The molecule has 0 spiro atoms. The Labute approximate surface area is 142 Å². The molecule has 0 aliphatic heterocycles. The highest BCUT2D eigenvalue weighted by Crippen LogP contribution is 2.32. The fourth-order valence-electron chi connectivity index (χ4n) is 1.60. The molecule has 0 fully saturated rings. The Morgan fingerprint density at radius 2 is 2.09 bits per heavy atom. The summed E-state index contributed by atoms with van der Waals surface area (Å²) in [7, 11) is 0. The van der Waals surface area contributed by atoms with E-state index < -0.39 is 17.6 Å². The molecule has 2 aromatic rings. The summed E-state index contributed by atoms with van der Waals surface area (Å²) in [5.74, 6) is -0.166. The maximum Gasteiger partial charge on any atom is 0.417 e. The van der Waals surface area contributed by atoms with Gasteiger partial charge < -0.3 is 15.1 Å². The summed E-state index contributed by atoms with van der Waals surface area (Å²) >= 11 is 8.82. The molecule has 2 heterocycles. The van der Waals surface area contributed by atoms with Crippen LogP contribution in [0.3, 0.4) is 0 Å². The van der Waals surface area contributed by atoms with Gasteiger partial charge in [-0.15, -0.1) is 0 Å². The molecule has 2 aromatic heterocycles. The van der Waals surface area contributed by atoms with Crippen molar-refractivity contribution in [3.63, 3.8) is 0 Å². The molecule has 1 amide bonds. The minimum atomic E-state index is -4.50. The lowest BCUT2D eigenvalue weighted by molar-refractivity contribution is -0.137. The summed E-state index contributed by atoms with van der Waals surface area (Å²) < 4.78 is 42.9.